The number of halogens is 3. The fourth-order valence-corrected chi connectivity index (χ4v) is 2.45. The molecule has 0 aliphatic rings. The summed E-state index contributed by atoms with van der Waals surface area (Å²) >= 11 is 0.969. The molecule has 18 heavy (non-hydrogen) atoms. The lowest BCUT2D eigenvalue weighted by molar-refractivity contribution is -0.149. The molecule has 7 heteroatoms. The maximum Gasteiger partial charge on any atom is 0.399 e. The molecule has 0 aliphatic carbocycles. The average molecular weight is 278 g/mol. The molecule has 1 rings (SSSR count). The summed E-state index contributed by atoms with van der Waals surface area (Å²) in [7, 11) is 1.45. The Morgan fingerprint density at radius 1 is 1.44 bits per heavy atom. The van der Waals surface area contributed by atoms with E-state index in [1.54, 1.807) is 24.3 Å². The van der Waals surface area contributed by atoms with Crippen LogP contribution in [-0.4, -0.2) is 24.9 Å². The molecule has 1 atom stereocenters. The van der Waals surface area contributed by atoms with Gasteiger partial charge in [0.05, 0.1) is 7.11 Å². The molecule has 100 valence electrons. The molecule has 0 aromatic heterocycles. The molecule has 0 aliphatic heterocycles. The Morgan fingerprint density at radius 2 is 2.06 bits per heavy atom. The second kappa shape index (κ2) is 5.99. The number of hydrogen-bond acceptors (Lipinski definition) is 3. The Bertz CT molecular complexity index is 423. The zero-order valence-corrected chi connectivity index (χ0v) is 10.4. The van der Waals surface area contributed by atoms with Gasteiger partial charge in [0.2, 0.25) is 0 Å². The summed E-state index contributed by atoms with van der Waals surface area (Å²) in [4.78, 5) is 0.593. The monoisotopic (exact) mass is 278 g/mol. The Hall–Kier alpha value is -1.37. The molecule has 0 bridgehead atoms. The molecule has 0 heterocycles. The van der Waals surface area contributed by atoms with Crippen molar-refractivity contribution in [2.45, 2.75) is 11.1 Å². The largest absolute Gasteiger partial charge is 0.496 e. The number of hydrogen-bond donors (Lipinski definition) is 2. The highest BCUT2D eigenvalue weighted by Gasteiger charge is 2.41. The van der Waals surface area contributed by atoms with Crippen LogP contribution >= 0.6 is 11.8 Å². The van der Waals surface area contributed by atoms with E-state index < -0.39 is 17.9 Å². The van der Waals surface area contributed by atoms with Gasteiger partial charge in [0.1, 0.15) is 17.5 Å². The van der Waals surface area contributed by atoms with E-state index in [0.29, 0.717) is 10.6 Å². The van der Waals surface area contributed by atoms with Gasteiger partial charge in [-0.15, -0.1) is 11.8 Å². The average Bonchev–Trinajstić information content (AvgIpc) is 2.27. The number of ether oxygens (including phenoxy) is 1. The van der Waals surface area contributed by atoms with Crippen LogP contribution in [0, 0.1) is 11.3 Å². The molecular formula is C11H13F3N2OS. The second-order valence-electron chi connectivity index (χ2n) is 3.51. The van der Waals surface area contributed by atoms with Crippen molar-refractivity contribution in [3.8, 4) is 5.75 Å². The number of alkyl halides is 3. The van der Waals surface area contributed by atoms with E-state index in [9.17, 15) is 13.2 Å². The molecule has 1 aromatic rings. The summed E-state index contributed by atoms with van der Waals surface area (Å²) in [5.74, 6) is -2.64. The molecule has 0 amide bonds. The van der Waals surface area contributed by atoms with Crippen molar-refractivity contribution in [2.24, 2.45) is 11.7 Å². The number of nitrogens with two attached hydrogens (primary N) is 1. The van der Waals surface area contributed by atoms with Gasteiger partial charge in [-0.05, 0) is 12.1 Å². The van der Waals surface area contributed by atoms with Crippen molar-refractivity contribution in [1.82, 2.24) is 0 Å². The zero-order valence-electron chi connectivity index (χ0n) is 9.62. The van der Waals surface area contributed by atoms with Gasteiger partial charge in [0, 0.05) is 10.6 Å². The molecule has 0 saturated carbocycles. The minimum absolute atomic E-state index is 0.334. The van der Waals surface area contributed by atoms with Gasteiger partial charge in [-0.25, -0.2) is 0 Å². The number of thioether (sulfide) groups is 1. The van der Waals surface area contributed by atoms with Crippen LogP contribution in [-0.2, 0) is 0 Å². The fourth-order valence-electron chi connectivity index (χ4n) is 1.27. The Labute approximate surface area is 107 Å². The van der Waals surface area contributed by atoms with Gasteiger partial charge in [-0.3, -0.25) is 5.41 Å². The van der Waals surface area contributed by atoms with E-state index in [-0.39, 0.29) is 5.75 Å². The maximum atomic E-state index is 12.6. The first-order chi connectivity index (χ1) is 8.36. The summed E-state index contributed by atoms with van der Waals surface area (Å²) in [5, 5.41) is 6.98. The lowest BCUT2D eigenvalue weighted by Gasteiger charge is -2.18. The molecule has 0 saturated heterocycles. The summed E-state index contributed by atoms with van der Waals surface area (Å²) in [5.41, 5.74) is 4.98. The Morgan fingerprint density at radius 3 is 2.56 bits per heavy atom. The topological polar surface area (TPSA) is 59.1 Å². The van der Waals surface area contributed by atoms with E-state index in [4.69, 9.17) is 15.9 Å². The molecule has 3 N–H and O–H groups in total. The molecule has 1 aromatic carbocycles. The predicted octanol–water partition coefficient (Wildman–Crippen LogP) is 2.90. The number of methoxy groups -OCH3 is 1. The molecule has 3 nitrogen and oxygen atoms in total. The minimum atomic E-state index is -4.50. The smallest absolute Gasteiger partial charge is 0.399 e. The first-order valence-corrected chi connectivity index (χ1v) is 6.01. The van der Waals surface area contributed by atoms with E-state index in [0.717, 1.165) is 11.8 Å². The normalized spacial score (nSPS) is 13.1. The van der Waals surface area contributed by atoms with Gasteiger partial charge < -0.3 is 10.5 Å². The van der Waals surface area contributed by atoms with Crippen molar-refractivity contribution < 1.29 is 17.9 Å². The Balaban J connectivity index is 2.77. The summed E-state index contributed by atoms with van der Waals surface area (Å²) in [6.07, 6.45) is -4.50. The van der Waals surface area contributed by atoms with E-state index in [1.807, 2.05) is 0 Å². The van der Waals surface area contributed by atoms with E-state index in [2.05, 4.69) is 0 Å². The SMILES string of the molecule is COc1ccccc1SCC(C(=N)N)C(F)(F)F. The van der Waals surface area contributed by atoms with Crippen LogP contribution in [0.2, 0.25) is 0 Å². The first-order valence-electron chi connectivity index (χ1n) is 5.02. The van der Waals surface area contributed by atoms with Crippen molar-refractivity contribution in [3.63, 3.8) is 0 Å². The number of rotatable bonds is 5. The van der Waals surface area contributed by atoms with E-state index >= 15 is 0 Å². The van der Waals surface area contributed by atoms with E-state index in [1.165, 1.54) is 7.11 Å². The predicted molar refractivity (Wildman–Crippen MR) is 65.2 cm³/mol. The lowest BCUT2D eigenvalue weighted by Crippen LogP contribution is -2.36. The van der Waals surface area contributed by atoms with Crippen LogP contribution < -0.4 is 10.5 Å². The highest BCUT2D eigenvalue weighted by Crippen LogP contribution is 2.35. The Kier molecular flexibility index (Phi) is 4.89. The maximum absolute atomic E-state index is 12.6. The summed E-state index contributed by atoms with van der Waals surface area (Å²) in [6, 6.07) is 6.77. The highest BCUT2D eigenvalue weighted by atomic mass is 32.2. The number of amidine groups is 1. The van der Waals surface area contributed by atoms with Crippen molar-refractivity contribution in [1.29, 1.82) is 5.41 Å². The lowest BCUT2D eigenvalue weighted by atomic mass is 10.1. The van der Waals surface area contributed by atoms with Gasteiger partial charge in [0.15, 0.2) is 0 Å². The van der Waals surface area contributed by atoms with Crippen molar-refractivity contribution >= 4 is 17.6 Å². The zero-order chi connectivity index (χ0) is 13.8. The molecule has 1 unspecified atom stereocenters. The third kappa shape index (κ3) is 3.83. The molecule has 0 spiro atoms. The van der Waals surface area contributed by atoms with Gasteiger partial charge in [-0.1, -0.05) is 12.1 Å². The minimum Gasteiger partial charge on any atom is -0.496 e. The van der Waals surface area contributed by atoms with Crippen molar-refractivity contribution in [2.75, 3.05) is 12.9 Å². The van der Waals surface area contributed by atoms with Gasteiger partial charge in [0.25, 0.3) is 0 Å². The van der Waals surface area contributed by atoms with Crippen LogP contribution in [0.5, 0.6) is 5.75 Å². The number of benzene rings is 1. The number of para-hydroxylation sites is 1. The first kappa shape index (κ1) is 14.7. The highest BCUT2D eigenvalue weighted by molar-refractivity contribution is 7.99. The van der Waals surface area contributed by atoms with Crippen LogP contribution in [0.1, 0.15) is 0 Å². The van der Waals surface area contributed by atoms with Crippen LogP contribution in [0.4, 0.5) is 13.2 Å². The van der Waals surface area contributed by atoms with Crippen LogP contribution in [0.25, 0.3) is 0 Å². The molecule has 0 fully saturated rings. The second-order valence-corrected chi connectivity index (χ2v) is 4.57. The standard InChI is InChI=1S/C11H13F3N2OS/c1-17-8-4-2-3-5-9(8)18-6-7(10(15)16)11(12,13)14/h2-5,7H,6H2,1H3,(H3,15,16). The summed E-state index contributed by atoms with van der Waals surface area (Å²) in [6.45, 7) is 0. The third-order valence-electron chi connectivity index (χ3n) is 2.25. The van der Waals surface area contributed by atoms with Crippen molar-refractivity contribution in [3.05, 3.63) is 24.3 Å². The van der Waals surface area contributed by atoms with Crippen LogP contribution in [0.15, 0.2) is 29.2 Å². The number of nitrogens with one attached hydrogen (secondary N) is 1. The quantitative estimate of drug-likeness (QED) is 0.494. The summed E-state index contributed by atoms with van der Waals surface area (Å²) < 4.78 is 42.8. The molecular weight excluding hydrogens is 265 g/mol. The van der Waals surface area contributed by atoms with Gasteiger partial charge >= 0.3 is 6.18 Å². The van der Waals surface area contributed by atoms with Crippen LogP contribution in [0.3, 0.4) is 0 Å². The molecule has 0 radical (unpaired) electrons. The van der Waals surface area contributed by atoms with Gasteiger partial charge in [-0.2, -0.15) is 13.2 Å². The third-order valence-corrected chi connectivity index (χ3v) is 3.39. The fraction of sp³-hybridized carbons (Fsp3) is 0.364.